The predicted octanol–water partition coefficient (Wildman–Crippen LogP) is 2.72. The summed E-state index contributed by atoms with van der Waals surface area (Å²) in [6.45, 7) is 6.10. The van der Waals surface area contributed by atoms with Crippen molar-refractivity contribution in [3.63, 3.8) is 0 Å². The number of nitrogens with one attached hydrogen (secondary N) is 1. The molecule has 0 aliphatic heterocycles. The van der Waals surface area contributed by atoms with Gasteiger partial charge in [0.15, 0.2) is 0 Å². The number of nitrogens with zero attached hydrogens (tertiary/aromatic N) is 2. The smallest absolute Gasteiger partial charge is 0.220 e. The fourth-order valence-electron chi connectivity index (χ4n) is 2.83. The Morgan fingerprint density at radius 2 is 2.00 bits per heavy atom. The van der Waals surface area contributed by atoms with Crippen LogP contribution in [0, 0.1) is 13.8 Å². The number of rotatable bonds is 6. The summed E-state index contributed by atoms with van der Waals surface area (Å²) in [5.74, 6) is 0.0555. The quantitative estimate of drug-likeness (QED) is 0.787. The number of nitrogens with two attached hydrogens (primary N) is 1. The van der Waals surface area contributed by atoms with Crippen molar-refractivity contribution < 1.29 is 4.79 Å². The Balaban J connectivity index is 0.00000288. The van der Waals surface area contributed by atoms with Gasteiger partial charge in [0.1, 0.15) is 0 Å². The molecule has 24 heavy (non-hydrogen) atoms. The molecule has 1 amide bonds. The first-order valence-corrected chi connectivity index (χ1v) is 8.00. The van der Waals surface area contributed by atoms with Crippen LogP contribution in [0.2, 0.25) is 0 Å². The van der Waals surface area contributed by atoms with Gasteiger partial charge in [-0.25, -0.2) is 0 Å². The summed E-state index contributed by atoms with van der Waals surface area (Å²) in [6.07, 6.45) is 1.91. The first-order valence-electron chi connectivity index (χ1n) is 8.00. The van der Waals surface area contributed by atoms with Gasteiger partial charge in [-0.15, -0.1) is 12.4 Å². The van der Waals surface area contributed by atoms with Crippen molar-refractivity contribution in [3.8, 4) is 0 Å². The highest BCUT2D eigenvalue weighted by atomic mass is 35.5. The lowest BCUT2D eigenvalue weighted by atomic mass is 10.0. The maximum Gasteiger partial charge on any atom is 0.220 e. The normalized spacial score (nSPS) is 11.7. The number of nitrogen functional groups attached to an aromatic ring is 1. The molecule has 2 rings (SSSR count). The van der Waals surface area contributed by atoms with Gasteiger partial charge in [-0.2, -0.15) is 5.10 Å². The lowest BCUT2D eigenvalue weighted by Gasteiger charge is -2.14. The van der Waals surface area contributed by atoms with Crippen molar-refractivity contribution in [1.29, 1.82) is 0 Å². The standard InChI is InChI=1S/C18H26N4O.ClH/c1-12(11-16-13(2)21-22(4)14(16)3)20-18(23)10-9-15-7-5-6-8-17(15)19;/h5-8,12H,9-11,19H2,1-4H3,(H,20,23);1H. The molecule has 132 valence electrons. The van der Waals surface area contributed by atoms with Gasteiger partial charge in [0.25, 0.3) is 0 Å². The minimum Gasteiger partial charge on any atom is -0.399 e. The molecule has 0 aliphatic carbocycles. The van der Waals surface area contributed by atoms with E-state index in [9.17, 15) is 4.79 Å². The highest BCUT2D eigenvalue weighted by Crippen LogP contribution is 2.15. The second-order valence-electron chi connectivity index (χ2n) is 6.14. The Hall–Kier alpha value is -2.01. The van der Waals surface area contributed by atoms with E-state index in [1.54, 1.807) is 0 Å². The van der Waals surface area contributed by atoms with Crippen LogP contribution in [0.15, 0.2) is 24.3 Å². The van der Waals surface area contributed by atoms with Crippen LogP contribution in [-0.2, 0) is 24.7 Å². The molecule has 1 heterocycles. The van der Waals surface area contributed by atoms with Gasteiger partial charge in [0.2, 0.25) is 5.91 Å². The van der Waals surface area contributed by atoms with E-state index in [2.05, 4.69) is 17.3 Å². The van der Waals surface area contributed by atoms with Crippen LogP contribution in [0.25, 0.3) is 0 Å². The summed E-state index contributed by atoms with van der Waals surface area (Å²) in [4.78, 5) is 12.1. The Kier molecular flexibility index (Phi) is 7.29. The monoisotopic (exact) mass is 350 g/mol. The summed E-state index contributed by atoms with van der Waals surface area (Å²) in [7, 11) is 1.94. The zero-order valence-corrected chi connectivity index (χ0v) is 15.6. The average molecular weight is 351 g/mol. The molecule has 1 aromatic carbocycles. The third-order valence-electron chi connectivity index (χ3n) is 4.25. The van der Waals surface area contributed by atoms with Gasteiger partial charge < -0.3 is 11.1 Å². The lowest BCUT2D eigenvalue weighted by molar-refractivity contribution is -0.121. The number of hydrogen-bond donors (Lipinski definition) is 2. The first-order chi connectivity index (χ1) is 10.9. The Bertz CT molecular complexity index is 696. The van der Waals surface area contributed by atoms with Gasteiger partial charge in [0, 0.05) is 30.9 Å². The highest BCUT2D eigenvalue weighted by Gasteiger charge is 2.14. The SMILES string of the molecule is Cc1nn(C)c(C)c1CC(C)NC(=O)CCc1ccccc1N.Cl. The zero-order valence-electron chi connectivity index (χ0n) is 14.8. The molecule has 0 aliphatic rings. The second kappa shape index (κ2) is 8.73. The van der Waals surface area contributed by atoms with Gasteiger partial charge in [0.05, 0.1) is 5.69 Å². The van der Waals surface area contributed by atoms with E-state index in [0.29, 0.717) is 12.8 Å². The molecular weight excluding hydrogens is 324 g/mol. The second-order valence-corrected chi connectivity index (χ2v) is 6.14. The summed E-state index contributed by atoms with van der Waals surface area (Å²) in [5, 5.41) is 7.48. The Morgan fingerprint density at radius 1 is 1.33 bits per heavy atom. The Labute approximate surface area is 150 Å². The van der Waals surface area contributed by atoms with Crippen LogP contribution < -0.4 is 11.1 Å². The molecule has 1 unspecified atom stereocenters. The molecule has 6 heteroatoms. The van der Waals surface area contributed by atoms with Gasteiger partial charge >= 0.3 is 0 Å². The molecule has 0 radical (unpaired) electrons. The summed E-state index contributed by atoms with van der Waals surface area (Å²) in [5.41, 5.74) is 11.1. The van der Waals surface area contributed by atoms with E-state index in [1.807, 2.05) is 49.8 Å². The van der Waals surface area contributed by atoms with Crippen molar-refractivity contribution >= 4 is 24.0 Å². The largest absolute Gasteiger partial charge is 0.399 e. The molecule has 0 fully saturated rings. The van der Waals surface area contributed by atoms with E-state index >= 15 is 0 Å². The van der Waals surface area contributed by atoms with E-state index in [0.717, 1.165) is 29.1 Å². The number of amides is 1. The van der Waals surface area contributed by atoms with Crippen molar-refractivity contribution in [1.82, 2.24) is 15.1 Å². The van der Waals surface area contributed by atoms with E-state index in [1.165, 1.54) is 5.56 Å². The topological polar surface area (TPSA) is 72.9 Å². The minimum atomic E-state index is 0. The number of aromatic nitrogens is 2. The lowest BCUT2D eigenvalue weighted by Crippen LogP contribution is -2.34. The maximum absolute atomic E-state index is 12.1. The van der Waals surface area contributed by atoms with Crippen LogP contribution in [0.5, 0.6) is 0 Å². The van der Waals surface area contributed by atoms with Gasteiger partial charge in [-0.1, -0.05) is 18.2 Å². The number of para-hydroxylation sites is 1. The number of carbonyl (C=O) groups is 1. The van der Waals surface area contributed by atoms with Crippen LogP contribution in [-0.4, -0.2) is 21.7 Å². The third kappa shape index (κ3) is 4.99. The van der Waals surface area contributed by atoms with Crippen LogP contribution in [0.3, 0.4) is 0 Å². The molecule has 0 spiro atoms. The van der Waals surface area contributed by atoms with Gasteiger partial charge in [-0.05, 0) is 50.8 Å². The van der Waals surface area contributed by atoms with Crippen LogP contribution in [0.1, 0.15) is 35.9 Å². The van der Waals surface area contributed by atoms with E-state index in [-0.39, 0.29) is 24.4 Å². The molecule has 1 aromatic heterocycles. The van der Waals surface area contributed by atoms with Gasteiger partial charge in [-0.3, -0.25) is 9.48 Å². The first kappa shape index (κ1) is 20.0. The van der Waals surface area contributed by atoms with Crippen molar-refractivity contribution in [2.45, 2.75) is 46.1 Å². The minimum absolute atomic E-state index is 0. The van der Waals surface area contributed by atoms with Crippen LogP contribution in [0.4, 0.5) is 5.69 Å². The highest BCUT2D eigenvalue weighted by molar-refractivity contribution is 5.85. The molecule has 5 nitrogen and oxygen atoms in total. The Morgan fingerprint density at radius 3 is 2.58 bits per heavy atom. The number of benzene rings is 1. The number of carbonyl (C=O) groups excluding carboxylic acids is 1. The van der Waals surface area contributed by atoms with Crippen molar-refractivity contribution in [2.24, 2.45) is 7.05 Å². The molecule has 0 bridgehead atoms. The average Bonchev–Trinajstić information content (AvgIpc) is 2.73. The number of hydrogen-bond acceptors (Lipinski definition) is 3. The fraction of sp³-hybridized carbons (Fsp3) is 0.444. The molecule has 0 saturated carbocycles. The summed E-state index contributed by atoms with van der Waals surface area (Å²) < 4.78 is 1.89. The number of anilines is 1. The summed E-state index contributed by atoms with van der Waals surface area (Å²) in [6, 6.07) is 7.76. The van der Waals surface area contributed by atoms with E-state index in [4.69, 9.17) is 5.73 Å². The van der Waals surface area contributed by atoms with Crippen molar-refractivity contribution in [3.05, 3.63) is 46.8 Å². The third-order valence-corrected chi connectivity index (χ3v) is 4.25. The predicted molar refractivity (Wildman–Crippen MR) is 100 cm³/mol. The number of halogens is 1. The molecule has 2 aromatic rings. The molecule has 0 saturated heterocycles. The van der Waals surface area contributed by atoms with Crippen molar-refractivity contribution in [2.75, 3.05) is 5.73 Å². The maximum atomic E-state index is 12.1. The summed E-state index contributed by atoms with van der Waals surface area (Å²) >= 11 is 0. The number of aryl methyl sites for hydroxylation is 3. The zero-order chi connectivity index (χ0) is 17.0. The van der Waals surface area contributed by atoms with Crippen LogP contribution >= 0.6 is 12.4 Å². The fourth-order valence-corrected chi connectivity index (χ4v) is 2.83. The molecule has 3 N–H and O–H groups in total. The van der Waals surface area contributed by atoms with E-state index < -0.39 is 0 Å². The molecular formula is C18H27ClN4O. The molecule has 1 atom stereocenters.